The molecule has 0 aliphatic carbocycles. The molecule has 0 amide bonds. The van der Waals surface area contributed by atoms with Gasteiger partial charge < -0.3 is 4.74 Å². The number of hydrogen-bond donors (Lipinski definition) is 0. The highest BCUT2D eigenvalue weighted by molar-refractivity contribution is 7.13. The van der Waals surface area contributed by atoms with Crippen molar-refractivity contribution in [1.82, 2.24) is 0 Å². The molecule has 116 valence electrons. The molecule has 0 aliphatic heterocycles. The summed E-state index contributed by atoms with van der Waals surface area (Å²) >= 11 is 1.59. The van der Waals surface area contributed by atoms with Gasteiger partial charge in [0.15, 0.2) is 17.3 Å². The minimum atomic E-state index is -0.420. The molecule has 1 heterocycles. The zero-order chi connectivity index (χ0) is 16.4. The van der Waals surface area contributed by atoms with Crippen LogP contribution in [0.5, 0.6) is 5.75 Å². The van der Waals surface area contributed by atoms with E-state index in [9.17, 15) is 9.18 Å². The van der Waals surface area contributed by atoms with Crippen LogP contribution in [-0.4, -0.2) is 12.9 Å². The number of carbonyl (C=O) groups is 1. The summed E-state index contributed by atoms with van der Waals surface area (Å²) in [5.74, 6) is -0.225. The quantitative estimate of drug-likeness (QED) is 0.597. The number of ether oxygens (including phenoxy) is 1. The average Bonchev–Trinajstić information content (AvgIpc) is 3.08. The molecule has 23 heavy (non-hydrogen) atoms. The van der Waals surface area contributed by atoms with E-state index in [4.69, 9.17) is 4.74 Å². The molecule has 0 atom stereocenters. The van der Waals surface area contributed by atoms with Crippen LogP contribution in [0.4, 0.5) is 4.39 Å². The number of hydrogen-bond acceptors (Lipinski definition) is 3. The first-order chi connectivity index (χ1) is 11.1. The highest BCUT2D eigenvalue weighted by Crippen LogP contribution is 2.33. The monoisotopic (exact) mass is 326 g/mol. The topological polar surface area (TPSA) is 26.3 Å². The van der Waals surface area contributed by atoms with Crippen molar-refractivity contribution in [3.8, 4) is 27.3 Å². The summed E-state index contributed by atoms with van der Waals surface area (Å²) < 4.78 is 18.8. The van der Waals surface area contributed by atoms with Crippen molar-refractivity contribution in [2.75, 3.05) is 7.11 Å². The maximum atomic E-state index is 13.9. The highest BCUT2D eigenvalue weighted by Gasteiger charge is 2.13. The van der Waals surface area contributed by atoms with Gasteiger partial charge >= 0.3 is 0 Å². The molecule has 0 bridgehead atoms. The van der Waals surface area contributed by atoms with Crippen molar-refractivity contribution in [2.45, 2.75) is 6.92 Å². The van der Waals surface area contributed by atoms with Gasteiger partial charge in [-0.05, 0) is 47.7 Å². The Hall–Kier alpha value is -2.46. The van der Waals surface area contributed by atoms with E-state index in [0.717, 1.165) is 16.0 Å². The molecule has 0 spiro atoms. The summed E-state index contributed by atoms with van der Waals surface area (Å²) in [5.41, 5.74) is 3.06. The number of ketones is 1. The lowest BCUT2D eigenvalue weighted by molar-refractivity contribution is 0.101. The van der Waals surface area contributed by atoms with E-state index in [1.54, 1.807) is 30.4 Å². The number of thiophene rings is 1. The van der Waals surface area contributed by atoms with Gasteiger partial charge in [0.2, 0.25) is 0 Å². The Morgan fingerprint density at radius 2 is 1.83 bits per heavy atom. The summed E-state index contributed by atoms with van der Waals surface area (Å²) in [5, 5.41) is 1.98. The van der Waals surface area contributed by atoms with Crippen LogP contribution in [0.3, 0.4) is 0 Å². The first-order valence-electron chi connectivity index (χ1n) is 7.13. The fourth-order valence-electron chi connectivity index (χ4n) is 2.51. The third-order valence-corrected chi connectivity index (χ3v) is 4.57. The number of carbonyl (C=O) groups excluding carboxylic acids is 1. The van der Waals surface area contributed by atoms with E-state index < -0.39 is 5.82 Å². The molecule has 0 fully saturated rings. The van der Waals surface area contributed by atoms with Crippen LogP contribution in [0.2, 0.25) is 0 Å². The molecule has 3 aromatic rings. The lowest BCUT2D eigenvalue weighted by Crippen LogP contribution is -1.96. The Labute approximate surface area is 138 Å². The molecule has 0 radical (unpaired) electrons. The minimum absolute atomic E-state index is 0.00997. The molecule has 0 saturated carbocycles. The number of methoxy groups -OCH3 is 1. The molecule has 3 rings (SSSR count). The summed E-state index contributed by atoms with van der Waals surface area (Å²) in [6.07, 6.45) is 0. The van der Waals surface area contributed by atoms with E-state index in [0.29, 0.717) is 11.1 Å². The fraction of sp³-hybridized carbons (Fsp3) is 0.105. The normalized spacial score (nSPS) is 10.6. The molecule has 0 unspecified atom stereocenters. The van der Waals surface area contributed by atoms with Crippen LogP contribution in [-0.2, 0) is 0 Å². The lowest BCUT2D eigenvalue weighted by atomic mass is 9.96. The third-order valence-electron chi connectivity index (χ3n) is 3.67. The highest BCUT2D eigenvalue weighted by atomic mass is 32.1. The predicted molar refractivity (Wildman–Crippen MR) is 91.7 cm³/mol. The Balaban J connectivity index is 2.10. The van der Waals surface area contributed by atoms with Crippen molar-refractivity contribution in [1.29, 1.82) is 0 Å². The van der Waals surface area contributed by atoms with Gasteiger partial charge in [-0.1, -0.05) is 24.3 Å². The van der Waals surface area contributed by atoms with Crippen LogP contribution in [0.25, 0.3) is 21.6 Å². The van der Waals surface area contributed by atoms with Gasteiger partial charge in [0.05, 0.1) is 7.11 Å². The van der Waals surface area contributed by atoms with Crippen molar-refractivity contribution in [3.63, 3.8) is 0 Å². The Morgan fingerprint density at radius 3 is 2.43 bits per heavy atom. The summed E-state index contributed by atoms with van der Waals surface area (Å²) in [7, 11) is 1.43. The van der Waals surface area contributed by atoms with E-state index in [1.807, 2.05) is 35.7 Å². The third kappa shape index (κ3) is 3.03. The van der Waals surface area contributed by atoms with Gasteiger partial charge in [-0.3, -0.25) is 4.79 Å². The van der Waals surface area contributed by atoms with Gasteiger partial charge in [0.25, 0.3) is 0 Å². The fourth-order valence-corrected chi connectivity index (χ4v) is 3.27. The Morgan fingerprint density at radius 1 is 1.09 bits per heavy atom. The zero-order valence-corrected chi connectivity index (χ0v) is 13.6. The molecule has 4 heteroatoms. The van der Waals surface area contributed by atoms with Crippen LogP contribution in [0.1, 0.15) is 17.3 Å². The second kappa shape index (κ2) is 6.34. The molecule has 0 N–H and O–H groups in total. The summed E-state index contributed by atoms with van der Waals surface area (Å²) in [6.45, 7) is 1.55. The second-order valence-electron chi connectivity index (χ2n) is 5.14. The Kier molecular flexibility index (Phi) is 4.26. The molecule has 0 saturated heterocycles. The molecule has 2 nitrogen and oxygen atoms in total. The van der Waals surface area contributed by atoms with Crippen LogP contribution < -0.4 is 4.74 Å². The van der Waals surface area contributed by atoms with Crippen molar-refractivity contribution >= 4 is 17.1 Å². The number of Topliss-reactive ketones (excluding diaryl/α,β-unsaturated/α-hetero) is 1. The van der Waals surface area contributed by atoms with Crippen LogP contribution >= 0.6 is 11.3 Å². The van der Waals surface area contributed by atoms with E-state index in [2.05, 4.69) is 0 Å². The largest absolute Gasteiger partial charge is 0.494 e. The average molecular weight is 326 g/mol. The maximum absolute atomic E-state index is 13.9. The molecule has 0 aliphatic rings. The van der Waals surface area contributed by atoms with Crippen molar-refractivity contribution in [3.05, 3.63) is 65.3 Å². The van der Waals surface area contributed by atoms with E-state index in [1.165, 1.54) is 13.2 Å². The van der Waals surface area contributed by atoms with Gasteiger partial charge in [0, 0.05) is 16.0 Å². The van der Waals surface area contributed by atoms with E-state index >= 15 is 0 Å². The van der Waals surface area contributed by atoms with Gasteiger partial charge in [-0.15, -0.1) is 11.3 Å². The summed E-state index contributed by atoms with van der Waals surface area (Å²) in [6, 6.07) is 14.4. The van der Waals surface area contributed by atoms with Crippen molar-refractivity contribution < 1.29 is 13.9 Å². The number of rotatable bonds is 4. The maximum Gasteiger partial charge on any atom is 0.165 e. The Bertz CT molecular complexity index is 854. The predicted octanol–water partition coefficient (Wildman–Crippen LogP) is 5.43. The van der Waals surface area contributed by atoms with Gasteiger partial charge in [-0.25, -0.2) is 4.39 Å². The van der Waals surface area contributed by atoms with E-state index in [-0.39, 0.29) is 11.5 Å². The van der Waals surface area contributed by atoms with Crippen molar-refractivity contribution in [2.24, 2.45) is 0 Å². The van der Waals surface area contributed by atoms with Crippen LogP contribution in [0, 0.1) is 5.82 Å². The SMILES string of the molecule is COc1ccc(-c2ccc(-c3cccs3)c(C(C)=O)c2)cc1F. The summed E-state index contributed by atoms with van der Waals surface area (Å²) in [4.78, 5) is 13.1. The zero-order valence-electron chi connectivity index (χ0n) is 12.8. The first-order valence-corrected chi connectivity index (χ1v) is 8.01. The number of benzene rings is 2. The standard InChI is InChI=1S/C19H15FO2S/c1-12(21)16-10-13(5-7-15(16)19-4-3-9-23-19)14-6-8-18(22-2)17(20)11-14/h3-11H,1-2H3. The number of halogens is 1. The van der Waals surface area contributed by atoms with Gasteiger partial charge in [0.1, 0.15) is 0 Å². The molecule has 2 aromatic carbocycles. The second-order valence-corrected chi connectivity index (χ2v) is 6.09. The molecular formula is C19H15FO2S. The first kappa shape index (κ1) is 15.4. The van der Waals surface area contributed by atoms with Gasteiger partial charge in [-0.2, -0.15) is 0 Å². The minimum Gasteiger partial charge on any atom is -0.494 e. The smallest absolute Gasteiger partial charge is 0.165 e. The lowest BCUT2D eigenvalue weighted by Gasteiger charge is -2.10. The molecule has 1 aromatic heterocycles. The van der Waals surface area contributed by atoms with Crippen LogP contribution in [0.15, 0.2) is 53.9 Å². The molecular weight excluding hydrogens is 311 g/mol.